The molecule has 1 aromatic rings. The van der Waals surface area contributed by atoms with Crippen LogP contribution in [0, 0.1) is 0 Å². The summed E-state index contributed by atoms with van der Waals surface area (Å²) in [5, 5.41) is 12.9. The summed E-state index contributed by atoms with van der Waals surface area (Å²) in [6.45, 7) is 1.34. The van der Waals surface area contributed by atoms with Gasteiger partial charge in [0.25, 0.3) is 0 Å². The molecule has 1 aliphatic rings. The zero-order valence-corrected chi connectivity index (χ0v) is 9.52. The molecule has 1 aromatic carbocycles. The zero-order chi connectivity index (χ0) is 10.1. The van der Waals surface area contributed by atoms with Crippen molar-refractivity contribution in [2.75, 3.05) is 13.7 Å². The number of hydrogen-bond acceptors (Lipinski definition) is 3. The van der Waals surface area contributed by atoms with Crippen LogP contribution in [0.5, 0.6) is 11.5 Å². The Balaban J connectivity index is 2.49. The van der Waals surface area contributed by atoms with Gasteiger partial charge in [0.05, 0.1) is 11.1 Å². The lowest BCUT2D eigenvalue weighted by Crippen LogP contribution is -2.05. The lowest BCUT2D eigenvalue weighted by Gasteiger charge is -2.09. The van der Waals surface area contributed by atoms with Gasteiger partial charge >= 0.3 is 0 Å². The third-order valence-corrected chi connectivity index (χ3v) is 3.21. The molecule has 0 spiro atoms. The van der Waals surface area contributed by atoms with Crippen LogP contribution in [0.25, 0.3) is 0 Å². The van der Waals surface area contributed by atoms with Gasteiger partial charge in [-0.25, -0.2) is 0 Å². The molecule has 0 aromatic heterocycles. The summed E-state index contributed by atoms with van der Waals surface area (Å²) in [7, 11) is 1.85. The Morgan fingerprint density at radius 2 is 2.43 bits per heavy atom. The summed E-state index contributed by atoms with van der Waals surface area (Å²) < 4.78 is 6.23. The van der Waals surface area contributed by atoms with Crippen molar-refractivity contribution >= 4 is 15.9 Å². The normalized spacial score (nSPS) is 13.9. The molecule has 14 heavy (non-hydrogen) atoms. The van der Waals surface area contributed by atoms with E-state index in [1.54, 1.807) is 0 Å². The van der Waals surface area contributed by atoms with Crippen LogP contribution in [0.15, 0.2) is 10.5 Å². The van der Waals surface area contributed by atoms with Crippen molar-refractivity contribution < 1.29 is 9.84 Å². The first-order valence-corrected chi connectivity index (χ1v) is 5.34. The van der Waals surface area contributed by atoms with Crippen LogP contribution in [0.3, 0.4) is 0 Å². The van der Waals surface area contributed by atoms with E-state index in [2.05, 4.69) is 21.2 Å². The van der Waals surface area contributed by atoms with Crippen LogP contribution in [-0.4, -0.2) is 18.8 Å². The number of rotatable bonds is 2. The van der Waals surface area contributed by atoms with Crippen molar-refractivity contribution in [2.45, 2.75) is 13.0 Å². The SMILES string of the molecule is CNCc1cc2c(c(Br)c1O)CCO2. The molecule has 1 aliphatic heterocycles. The predicted molar refractivity (Wildman–Crippen MR) is 57.8 cm³/mol. The number of ether oxygens (including phenoxy) is 1. The van der Waals surface area contributed by atoms with Gasteiger partial charge in [0, 0.05) is 24.1 Å². The van der Waals surface area contributed by atoms with Gasteiger partial charge in [0.1, 0.15) is 11.5 Å². The van der Waals surface area contributed by atoms with E-state index >= 15 is 0 Å². The Morgan fingerprint density at radius 3 is 3.14 bits per heavy atom. The minimum Gasteiger partial charge on any atom is -0.506 e. The van der Waals surface area contributed by atoms with Gasteiger partial charge < -0.3 is 15.2 Å². The lowest BCUT2D eigenvalue weighted by atomic mass is 10.1. The molecule has 0 saturated heterocycles. The Kier molecular flexibility index (Phi) is 2.65. The van der Waals surface area contributed by atoms with Gasteiger partial charge in [-0.2, -0.15) is 0 Å². The summed E-state index contributed by atoms with van der Waals surface area (Å²) in [5.41, 5.74) is 1.93. The van der Waals surface area contributed by atoms with Crippen LogP contribution < -0.4 is 10.1 Å². The highest BCUT2D eigenvalue weighted by Crippen LogP contribution is 2.40. The Labute approximate surface area is 91.2 Å². The maximum atomic E-state index is 9.85. The average molecular weight is 258 g/mol. The number of nitrogens with one attached hydrogen (secondary N) is 1. The smallest absolute Gasteiger partial charge is 0.134 e. The first-order valence-electron chi connectivity index (χ1n) is 4.54. The molecule has 2 N–H and O–H groups in total. The van der Waals surface area contributed by atoms with Crippen molar-refractivity contribution in [1.29, 1.82) is 0 Å². The van der Waals surface area contributed by atoms with Crippen molar-refractivity contribution in [3.63, 3.8) is 0 Å². The summed E-state index contributed by atoms with van der Waals surface area (Å²) in [6, 6.07) is 1.90. The van der Waals surface area contributed by atoms with Gasteiger partial charge in [0.2, 0.25) is 0 Å². The molecule has 0 radical (unpaired) electrons. The van der Waals surface area contributed by atoms with Gasteiger partial charge in [-0.3, -0.25) is 0 Å². The average Bonchev–Trinajstić information content (AvgIpc) is 2.62. The minimum absolute atomic E-state index is 0.323. The molecule has 0 aliphatic carbocycles. The van der Waals surface area contributed by atoms with Crippen molar-refractivity contribution in [3.8, 4) is 11.5 Å². The molecule has 0 unspecified atom stereocenters. The number of phenolic OH excluding ortho intramolecular Hbond substituents is 1. The number of phenols is 1. The molecule has 0 fully saturated rings. The molecule has 0 bridgehead atoms. The molecule has 3 nitrogen and oxygen atoms in total. The third kappa shape index (κ3) is 1.48. The lowest BCUT2D eigenvalue weighted by molar-refractivity contribution is 0.356. The Bertz CT molecular complexity index is 366. The van der Waals surface area contributed by atoms with Crippen LogP contribution in [0.2, 0.25) is 0 Å². The molecular formula is C10H12BrNO2. The quantitative estimate of drug-likeness (QED) is 0.850. The maximum Gasteiger partial charge on any atom is 0.134 e. The summed E-state index contributed by atoms with van der Waals surface area (Å²) in [5.74, 6) is 1.21. The molecule has 0 saturated carbocycles. The molecule has 1 heterocycles. The monoisotopic (exact) mass is 257 g/mol. The second-order valence-corrected chi connectivity index (χ2v) is 4.10. The minimum atomic E-state index is 0.323. The fourth-order valence-electron chi connectivity index (χ4n) is 1.66. The van der Waals surface area contributed by atoms with E-state index in [0.29, 0.717) is 18.9 Å². The standard InChI is InChI=1S/C10H12BrNO2/c1-12-5-6-4-8-7(2-3-14-8)9(11)10(6)13/h4,12-13H,2-3,5H2,1H3. The number of aromatic hydroxyl groups is 1. The molecule has 0 amide bonds. The van der Waals surface area contributed by atoms with E-state index in [-0.39, 0.29) is 0 Å². The fraction of sp³-hybridized carbons (Fsp3) is 0.400. The predicted octanol–water partition coefficient (Wildman–Crippen LogP) is 1.81. The highest BCUT2D eigenvalue weighted by molar-refractivity contribution is 9.10. The third-order valence-electron chi connectivity index (χ3n) is 2.36. The van der Waals surface area contributed by atoms with Gasteiger partial charge in [0.15, 0.2) is 0 Å². The summed E-state index contributed by atoms with van der Waals surface area (Å²) in [4.78, 5) is 0. The molecule has 2 rings (SSSR count). The van der Waals surface area contributed by atoms with E-state index < -0.39 is 0 Å². The summed E-state index contributed by atoms with van der Waals surface area (Å²) in [6.07, 6.45) is 0.864. The number of halogens is 1. The highest BCUT2D eigenvalue weighted by atomic mass is 79.9. The van der Waals surface area contributed by atoms with Crippen LogP contribution in [-0.2, 0) is 13.0 Å². The second kappa shape index (κ2) is 3.79. The van der Waals surface area contributed by atoms with Crippen molar-refractivity contribution in [1.82, 2.24) is 5.32 Å². The van der Waals surface area contributed by atoms with Crippen molar-refractivity contribution in [3.05, 3.63) is 21.7 Å². The van der Waals surface area contributed by atoms with E-state index in [4.69, 9.17) is 4.74 Å². The fourth-order valence-corrected chi connectivity index (χ4v) is 2.30. The van der Waals surface area contributed by atoms with E-state index in [1.165, 1.54) is 0 Å². The molecule has 76 valence electrons. The van der Waals surface area contributed by atoms with Crippen LogP contribution >= 0.6 is 15.9 Å². The maximum absolute atomic E-state index is 9.85. The van der Waals surface area contributed by atoms with Gasteiger partial charge in [-0.1, -0.05) is 0 Å². The largest absolute Gasteiger partial charge is 0.506 e. The second-order valence-electron chi connectivity index (χ2n) is 3.30. The van der Waals surface area contributed by atoms with Gasteiger partial charge in [-0.15, -0.1) is 0 Å². The molecule has 0 atom stereocenters. The molecular weight excluding hydrogens is 246 g/mol. The van der Waals surface area contributed by atoms with Crippen LogP contribution in [0.1, 0.15) is 11.1 Å². The Hall–Kier alpha value is -0.740. The topological polar surface area (TPSA) is 41.5 Å². The number of hydrogen-bond donors (Lipinski definition) is 2. The first kappa shape index (κ1) is 9.80. The van der Waals surface area contributed by atoms with E-state index in [0.717, 1.165) is 27.8 Å². The first-order chi connectivity index (χ1) is 6.74. The number of benzene rings is 1. The molecule has 4 heteroatoms. The number of fused-ring (bicyclic) bond motifs is 1. The van der Waals surface area contributed by atoms with Crippen LogP contribution in [0.4, 0.5) is 0 Å². The Morgan fingerprint density at radius 1 is 1.64 bits per heavy atom. The van der Waals surface area contributed by atoms with Crippen molar-refractivity contribution in [2.24, 2.45) is 0 Å². The zero-order valence-electron chi connectivity index (χ0n) is 7.93. The highest BCUT2D eigenvalue weighted by Gasteiger charge is 2.20. The summed E-state index contributed by atoms with van der Waals surface area (Å²) >= 11 is 3.39. The van der Waals surface area contributed by atoms with E-state index in [1.807, 2.05) is 13.1 Å². The van der Waals surface area contributed by atoms with E-state index in [9.17, 15) is 5.11 Å². The van der Waals surface area contributed by atoms with Gasteiger partial charge in [-0.05, 0) is 29.0 Å².